The number of rotatable bonds is 6. The van der Waals surface area contributed by atoms with E-state index in [1.807, 2.05) is 6.07 Å². The molecule has 43 heavy (non-hydrogen) atoms. The number of aromatic nitrogens is 2. The first-order chi connectivity index (χ1) is 20.6. The normalized spacial score (nSPS) is 20.3. The van der Waals surface area contributed by atoms with E-state index in [-0.39, 0.29) is 18.0 Å². The highest BCUT2D eigenvalue weighted by molar-refractivity contribution is 6.30. The van der Waals surface area contributed by atoms with Crippen molar-refractivity contribution in [2.75, 3.05) is 16.3 Å². The molecule has 3 aliphatic rings. The van der Waals surface area contributed by atoms with E-state index in [1.54, 1.807) is 41.4 Å². The fourth-order valence-corrected chi connectivity index (χ4v) is 5.91. The number of nitrogens with one attached hydrogen (secondary N) is 1. The van der Waals surface area contributed by atoms with Gasteiger partial charge in [0.25, 0.3) is 11.8 Å². The van der Waals surface area contributed by atoms with Crippen LogP contribution in [0.4, 0.5) is 24.7 Å². The second-order valence-corrected chi connectivity index (χ2v) is 11.0. The van der Waals surface area contributed by atoms with Gasteiger partial charge in [-0.1, -0.05) is 17.7 Å². The zero-order valence-electron chi connectivity index (χ0n) is 22.8. The number of carbonyl (C=O) groups excluding carboxylic acids is 3. The van der Waals surface area contributed by atoms with Crippen molar-refractivity contribution in [3.05, 3.63) is 82.5 Å². The Balaban J connectivity index is 0.000000220. The molecule has 13 heteroatoms. The monoisotopic (exact) mass is 610 g/mol. The lowest BCUT2D eigenvalue weighted by molar-refractivity contribution is -0.135. The van der Waals surface area contributed by atoms with Gasteiger partial charge >= 0.3 is 0 Å². The lowest BCUT2D eigenvalue weighted by atomic mass is 9.84. The Morgan fingerprint density at radius 1 is 1.19 bits per heavy atom. The second-order valence-electron chi connectivity index (χ2n) is 10.6. The smallest absolute Gasteiger partial charge is 0.252 e. The van der Waals surface area contributed by atoms with Gasteiger partial charge in [0.1, 0.15) is 11.6 Å². The molecular weight excluding hydrogens is 585 g/mol. The van der Waals surface area contributed by atoms with E-state index in [1.165, 1.54) is 6.20 Å². The lowest BCUT2D eigenvalue weighted by Crippen LogP contribution is -2.60. The number of nitriles is 1. The number of amides is 3. The van der Waals surface area contributed by atoms with E-state index in [0.29, 0.717) is 47.8 Å². The molecule has 1 N–H and O–H groups in total. The molecule has 1 aliphatic heterocycles. The van der Waals surface area contributed by atoms with E-state index in [4.69, 9.17) is 16.9 Å². The first kappa shape index (κ1) is 30.0. The van der Waals surface area contributed by atoms with Crippen LogP contribution in [0.1, 0.15) is 48.8 Å². The van der Waals surface area contributed by atoms with Crippen molar-refractivity contribution >= 4 is 41.3 Å². The highest BCUT2D eigenvalue weighted by Gasteiger charge is 2.53. The molecule has 6 rings (SSSR count). The van der Waals surface area contributed by atoms with Gasteiger partial charge in [0.2, 0.25) is 12.3 Å². The first-order valence-electron chi connectivity index (χ1n) is 13.6. The summed E-state index contributed by atoms with van der Waals surface area (Å²) < 4.78 is 40.3. The molecule has 1 aromatic carbocycles. The van der Waals surface area contributed by atoms with Crippen molar-refractivity contribution in [1.29, 1.82) is 5.26 Å². The van der Waals surface area contributed by atoms with Gasteiger partial charge in [-0.15, -0.1) is 0 Å². The van der Waals surface area contributed by atoms with Crippen LogP contribution in [0.2, 0.25) is 5.02 Å². The maximum Gasteiger partial charge on any atom is 0.252 e. The summed E-state index contributed by atoms with van der Waals surface area (Å²) in [5, 5.41) is 11.8. The van der Waals surface area contributed by atoms with Crippen molar-refractivity contribution in [1.82, 2.24) is 15.3 Å². The zero-order valence-corrected chi connectivity index (χ0v) is 23.5. The predicted molar refractivity (Wildman–Crippen MR) is 151 cm³/mol. The average molecular weight is 611 g/mol. The summed E-state index contributed by atoms with van der Waals surface area (Å²) in [7, 11) is 0. The van der Waals surface area contributed by atoms with Gasteiger partial charge in [0.05, 0.1) is 29.7 Å². The SMILES string of the molecule is N#Cc1ccnc(N2CCCC2=O)c1.O=CN(c1cncc(F)c1)C1(C(=O)NC2CC(F)(F)C2)CCc2cc(Cl)ccc21. The third-order valence-electron chi connectivity index (χ3n) is 7.78. The Hall–Kier alpha value is -4.50. The first-order valence-corrected chi connectivity index (χ1v) is 13.9. The Kier molecular flexibility index (Phi) is 8.37. The molecule has 2 aliphatic carbocycles. The minimum absolute atomic E-state index is 0.0904. The standard InChI is InChI=1S/C20H17ClF3N3O2.C10H9N3O/c21-13-1-2-17-12(5-13)3-4-20(17,18(29)26-15-7-19(23,24)8-15)27(11-28)16-6-14(22)9-25-10-16;11-7-8-3-4-12-9(6-8)13-5-1-2-10(13)14/h1-2,5-6,9-11,15H,3-4,7-8H2,(H,26,29);3-4,6H,1-2,5H2. The van der Waals surface area contributed by atoms with Gasteiger partial charge in [-0.25, -0.2) is 18.2 Å². The molecule has 222 valence electrons. The minimum atomic E-state index is -2.80. The number of benzene rings is 1. The molecule has 2 aromatic heterocycles. The summed E-state index contributed by atoms with van der Waals surface area (Å²) in [6, 6.07) is 10.6. The summed E-state index contributed by atoms with van der Waals surface area (Å²) in [4.78, 5) is 47.5. The molecule has 0 bridgehead atoms. The fourth-order valence-electron chi connectivity index (χ4n) is 5.72. The Morgan fingerprint density at radius 3 is 2.63 bits per heavy atom. The van der Waals surface area contributed by atoms with Crippen LogP contribution in [0.25, 0.3) is 0 Å². The van der Waals surface area contributed by atoms with E-state index in [0.717, 1.165) is 29.1 Å². The van der Waals surface area contributed by atoms with Crippen molar-refractivity contribution < 1.29 is 27.6 Å². The van der Waals surface area contributed by atoms with Crippen LogP contribution in [0.3, 0.4) is 0 Å². The van der Waals surface area contributed by atoms with Crippen LogP contribution in [-0.4, -0.2) is 46.7 Å². The van der Waals surface area contributed by atoms with Gasteiger partial charge in [-0.05, 0) is 54.7 Å². The number of nitrogens with zero attached hydrogens (tertiary/aromatic N) is 5. The van der Waals surface area contributed by atoms with Crippen molar-refractivity contribution in [3.8, 4) is 6.07 Å². The van der Waals surface area contributed by atoms with Crippen LogP contribution in [0.15, 0.2) is 55.0 Å². The molecule has 0 radical (unpaired) electrons. The number of pyridine rings is 2. The quantitative estimate of drug-likeness (QED) is 0.405. The maximum atomic E-state index is 13.8. The summed E-state index contributed by atoms with van der Waals surface area (Å²) in [5.41, 5.74) is 0.415. The van der Waals surface area contributed by atoms with Crippen LogP contribution < -0.4 is 15.1 Å². The minimum Gasteiger partial charge on any atom is -0.351 e. The van der Waals surface area contributed by atoms with Gasteiger partial charge in [0.15, 0.2) is 5.54 Å². The van der Waals surface area contributed by atoms with E-state index in [9.17, 15) is 27.6 Å². The molecule has 9 nitrogen and oxygen atoms in total. The maximum absolute atomic E-state index is 13.8. The van der Waals surface area contributed by atoms with E-state index < -0.39 is 42.1 Å². The van der Waals surface area contributed by atoms with Gasteiger partial charge in [-0.3, -0.25) is 29.2 Å². The number of halogens is 4. The summed E-state index contributed by atoms with van der Waals surface area (Å²) in [5.74, 6) is -3.38. The summed E-state index contributed by atoms with van der Waals surface area (Å²) >= 11 is 6.07. The van der Waals surface area contributed by atoms with Crippen LogP contribution in [0.5, 0.6) is 0 Å². The zero-order chi connectivity index (χ0) is 30.8. The third kappa shape index (κ3) is 6.03. The molecule has 3 heterocycles. The molecule has 1 atom stereocenters. The Labute approximate surface area is 250 Å². The van der Waals surface area contributed by atoms with Crippen molar-refractivity contribution in [2.24, 2.45) is 0 Å². The second kappa shape index (κ2) is 12.0. The lowest BCUT2D eigenvalue weighted by Gasteiger charge is -2.42. The molecule has 2 fully saturated rings. The molecular formula is C30H26ClF3N6O3. The number of hydrogen-bond donors (Lipinski definition) is 1. The van der Waals surface area contributed by atoms with E-state index in [2.05, 4.69) is 15.3 Å². The number of anilines is 2. The van der Waals surface area contributed by atoms with E-state index >= 15 is 0 Å². The average Bonchev–Trinajstić information content (AvgIpc) is 3.57. The van der Waals surface area contributed by atoms with Gasteiger partial charge < -0.3 is 5.32 Å². The highest BCUT2D eigenvalue weighted by atomic mass is 35.5. The van der Waals surface area contributed by atoms with Crippen LogP contribution in [-0.2, 0) is 26.3 Å². The van der Waals surface area contributed by atoms with Gasteiger partial charge in [0, 0.05) is 49.1 Å². The Bertz CT molecular complexity index is 1610. The Morgan fingerprint density at radius 2 is 1.98 bits per heavy atom. The molecule has 1 unspecified atom stereocenters. The summed E-state index contributed by atoms with van der Waals surface area (Å²) in [6.07, 6.45) is 5.44. The molecule has 3 amide bonds. The van der Waals surface area contributed by atoms with Crippen molar-refractivity contribution in [3.63, 3.8) is 0 Å². The van der Waals surface area contributed by atoms with Crippen molar-refractivity contribution in [2.45, 2.75) is 56.0 Å². The van der Waals surface area contributed by atoms with Crippen LogP contribution >= 0.6 is 11.6 Å². The molecule has 1 saturated heterocycles. The number of carbonyl (C=O) groups is 3. The van der Waals surface area contributed by atoms with Gasteiger partial charge in [-0.2, -0.15) is 5.26 Å². The molecule has 0 spiro atoms. The highest BCUT2D eigenvalue weighted by Crippen LogP contribution is 2.45. The topological polar surface area (TPSA) is 119 Å². The predicted octanol–water partition coefficient (Wildman–Crippen LogP) is 4.67. The number of alkyl halides is 2. The third-order valence-corrected chi connectivity index (χ3v) is 8.01. The largest absolute Gasteiger partial charge is 0.351 e. The fraction of sp³-hybridized carbons (Fsp3) is 0.333. The molecule has 1 saturated carbocycles. The summed E-state index contributed by atoms with van der Waals surface area (Å²) in [6.45, 7) is 0.709. The van der Waals surface area contributed by atoms with Crippen LogP contribution in [0, 0.1) is 17.1 Å². The number of aryl methyl sites for hydroxylation is 1. The number of fused-ring (bicyclic) bond motifs is 1. The molecule has 3 aromatic rings. The number of hydrogen-bond acceptors (Lipinski definition) is 6.